The van der Waals surface area contributed by atoms with Gasteiger partial charge in [-0.05, 0) is 25.1 Å². The third-order valence-corrected chi connectivity index (χ3v) is 4.41. The molecule has 3 rings (SSSR count). The van der Waals surface area contributed by atoms with Gasteiger partial charge in [-0.1, -0.05) is 11.3 Å². The van der Waals surface area contributed by atoms with Gasteiger partial charge in [-0.25, -0.2) is 4.98 Å². The van der Waals surface area contributed by atoms with Crippen LogP contribution in [0.4, 0.5) is 5.13 Å². The van der Waals surface area contributed by atoms with E-state index in [0.29, 0.717) is 11.7 Å². The minimum atomic E-state index is -0.939. The Morgan fingerprint density at radius 1 is 1.57 bits per heavy atom. The lowest BCUT2D eigenvalue weighted by atomic mass is 10.1. The Kier molecular flexibility index (Phi) is 3.50. The summed E-state index contributed by atoms with van der Waals surface area (Å²) in [6.07, 6.45) is 0.0372. The molecule has 110 valence electrons. The zero-order valence-electron chi connectivity index (χ0n) is 11.4. The predicted octanol–water partition coefficient (Wildman–Crippen LogP) is 2.13. The number of carbonyl (C=O) groups is 2. The van der Waals surface area contributed by atoms with Crippen LogP contribution in [0, 0.1) is 5.92 Å². The summed E-state index contributed by atoms with van der Waals surface area (Å²) in [6.45, 7) is 2.69. The van der Waals surface area contributed by atoms with Gasteiger partial charge in [-0.3, -0.25) is 14.5 Å². The summed E-state index contributed by atoms with van der Waals surface area (Å²) in [5, 5.41) is 9.57. The summed E-state index contributed by atoms with van der Waals surface area (Å²) < 4.78 is 6.36. The molecule has 1 fully saturated rings. The Labute approximate surface area is 125 Å². The zero-order chi connectivity index (χ0) is 15.0. The molecule has 1 aliphatic rings. The van der Waals surface area contributed by atoms with Gasteiger partial charge in [0.05, 0.1) is 22.7 Å². The largest absolute Gasteiger partial charge is 0.494 e. The van der Waals surface area contributed by atoms with E-state index in [1.54, 1.807) is 0 Å². The van der Waals surface area contributed by atoms with Crippen LogP contribution in [-0.2, 0) is 9.59 Å². The molecular weight excluding hydrogens is 292 g/mol. The number of fused-ring (bicyclic) bond motifs is 1. The summed E-state index contributed by atoms with van der Waals surface area (Å²) in [4.78, 5) is 28.8. The molecule has 0 spiro atoms. The lowest BCUT2D eigenvalue weighted by Crippen LogP contribution is -2.25. The van der Waals surface area contributed by atoms with Gasteiger partial charge in [0.25, 0.3) is 0 Å². The topological polar surface area (TPSA) is 79.7 Å². The minimum absolute atomic E-state index is 0.0372. The SMILES string of the molecule is CCOc1ccc2nc(N3C[C@H](C(=O)O)CC3=O)sc2c1. The number of ether oxygens (including phenoxy) is 1. The molecule has 1 aliphatic heterocycles. The van der Waals surface area contributed by atoms with Crippen molar-refractivity contribution in [2.75, 3.05) is 18.1 Å². The second-order valence-corrected chi connectivity index (χ2v) is 5.81. The fraction of sp³-hybridized carbons (Fsp3) is 0.357. The van der Waals surface area contributed by atoms with E-state index < -0.39 is 11.9 Å². The number of aliphatic carboxylic acids is 1. The fourth-order valence-corrected chi connectivity index (χ4v) is 3.34. The summed E-state index contributed by atoms with van der Waals surface area (Å²) in [5.74, 6) is -1.02. The maximum atomic E-state index is 11.9. The van der Waals surface area contributed by atoms with Gasteiger partial charge >= 0.3 is 5.97 Å². The van der Waals surface area contributed by atoms with Gasteiger partial charge in [-0.2, -0.15) is 0 Å². The van der Waals surface area contributed by atoms with Crippen molar-refractivity contribution in [2.24, 2.45) is 5.92 Å². The standard InChI is InChI=1S/C14H14N2O4S/c1-2-20-9-3-4-10-11(6-9)21-14(15-10)16-7-8(13(18)19)5-12(16)17/h3-4,6,8H,2,5,7H2,1H3,(H,18,19)/t8-/m1/s1. The van der Waals surface area contributed by atoms with Crippen LogP contribution in [0.3, 0.4) is 0 Å². The number of aromatic nitrogens is 1. The number of amides is 1. The molecule has 7 heteroatoms. The first-order valence-electron chi connectivity index (χ1n) is 6.65. The lowest BCUT2D eigenvalue weighted by Gasteiger charge is -2.10. The van der Waals surface area contributed by atoms with Crippen LogP contribution >= 0.6 is 11.3 Å². The van der Waals surface area contributed by atoms with E-state index in [9.17, 15) is 9.59 Å². The highest BCUT2D eigenvalue weighted by Crippen LogP contribution is 2.34. The second kappa shape index (κ2) is 5.33. The number of carboxylic acid groups (broad SMARTS) is 1. The average Bonchev–Trinajstić information content (AvgIpc) is 3.01. The van der Waals surface area contributed by atoms with Crippen molar-refractivity contribution in [3.05, 3.63) is 18.2 Å². The molecule has 0 bridgehead atoms. The van der Waals surface area contributed by atoms with Crippen molar-refractivity contribution >= 4 is 38.6 Å². The van der Waals surface area contributed by atoms with Crippen LogP contribution in [-0.4, -0.2) is 35.1 Å². The third-order valence-electron chi connectivity index (χ3n) is 3.36. The smallest absolute Gasteiger partial charge is 0.308 e. The number of nitrogens with zero attached hydrogens (tertiary/aromatic N) is 2. The monoisotopic (exact) mass is 306 g/mol. The van der Waals surface area contributed by atoms with Gasteiger partial charge in [0.15, 0.2) is 5.13 Å². The highest BCUT2D eigenvalue weighted by Gasteiger charge is 2.36. The van der Waals surface area contributed by atoms with Crippen molar-refractivity contribution in [3.63, 3.8) is 0 Å². The van der Waals surface area contributed by atoms with E-state index in [1.807, 2.05) is 25.1 Å². The molecule has 1 atom stereocenters. The molecule has 0 saturated carbocycles. The highest BCUT2D eigenvalue weighted by atomic mass is 32.1. The number of benzene rings is 1. The molecule has 1 amide bonds. The van der Waals surface area contributed by atoms with Gasteiger partial charge in [0, 0.05) is 13.0 Å². The molecule has 2 heterocycles. The Morgan fingerprint density at radius 2 is 2.38 bits per heavy atom. The van der Waals surface area contributed by atoms with E-state index in [4.69, 9.17) is 9.84 Å². The molecule has 0 aliphatic carbocycles. The molecule has 21 heavy (non-hydrogen) atoms. The van der Waals surface area contributed by atoms with E-state index in [2.05, 4.69) is 4.98 Å². The van der Waals surface area contributed by atoms with E-state index in [0.717, 1.165) is 16.0 Å². The molecule has 1 N–H and O–H groups in total. The number of anilines is 1. The van der Waals surface area contributed by atoms with Gasteiger partial charge < -0.3 is 9.84 Å². The number of carboxylic acids is 1. The first kappa shape index (κ1) is 13.8. The number of carbonyl (C=O) groups excluding carboxylic acids is 1. The van der Waals surface area contributed by atoms with Crippen molar-refractivity contribution in [3.8, 4) is 5.75 Å². The molecule has 1 aromatic carbocycles. The second-order valence-electron chi connectivity index (χ2n) is 4.80. The van der Waals surface area contributed by atoms with Crippen LogP contribution in [0.15, 0.2) is 18.2 Å². The van der Waals surface area contributed by atoms with Crippen LogP contribution in [0.2, 0.25) is 0 Å². The summed E-state index contributed by atoms with van der Waals surface area (Å²) >= 11 is 1.37. The highest BCUT2D eigenvalue weighted by molar-refractivity contribution is 7.22. The first-order valence-corrected chi connectivity index (χ1v) is 7.46. The number of hydrogen-bond donors (Lipinski definition) is 1. The molecular formula is C14H14N2O4S. The molecule has 6 nitrogen and oxygen atoms in total. The van der Waals surface area contributed by atoms with Gasteiger partial charge in [0.1, 0.15) is 5.75 Å². The molecule has 2 aromatic rings. The minimum Gasteiger partial charge on any atom is -0.494 e. The summed E-state index contributed by atoms with van der Waals surface area (Å²) in [7, 11) is 0. The lowest BCUT2D eigenvalue weighted by molar-refractivity contribution is -0.141. The van der Waals surface area contributed by atoms with Crippen molar-refractivity contribution in [1.29, 1.82) is 0 Å². The number of rotatable bonds is 4. The average molecular weight is 306 g/mol. The third kappa shape index (κ3) is 2.56. The zero-order valence-corrected chi connectivity index (χ0v) is 12.2. The van der Waals surface area contributed by atoms with Crippen molar-refractivity contribution < 1.29 is 19.4 Å². The number of hydrogen-bond acceptors (Lipinski definition) is 5. The van der Waals surface area contributed by atoms with Crippen LogP contribution < -0.4 is 9.64 Å². The molecule has 1 aromatic heterocycles. The van der Waals surface area contributed by atoms with Crippen LogP contribution in [0.1, 0.15) is 13.3 Å². The van der Waals surface area contributed by atoms with Gasteiger partial charge in [0.2, 0.25) is 5.91 Å². The van der Waals surface area contributed by atoms with E-state index in [1.165, 1.54) is 16.2 Å². The van der Waals surface area contributed by atoms with Crippen molar-refractivity contribution in [1.82, 2.24) is 4.98 Å². The Bertz CT molecular complexity index is 712. The number of thiazole rings is 1. The van der Waals surface area contributed by atoms with E-state index in [-0.39, 0.29) is 18.9 Å². The Balaban J connectivity index is 1.90. The van der Waals surface area contributed by atoms with Crippen LogP contribution in [0.5, 0.6) is 5.75 Å². The maximum Gasteiger partial charge on any atom is 0.308 e. The summed E-state index contributed by atoms with van der Waals surface area (Å²) in [6, 6.07) is 5.56. The molecule has 0 radical (unpaired) electrons. The maximum absolute atomic E-state index is 11.9. The first-order chi connectivity index (χ1) is 10.1. The summed E-state index contributed by atoms with van der Waals surface area (Å²) in [5.41, 5.74) is 0.782. The Morgan fingerprint density at radius 3 is 3.05 bits per heavy atom. The van der Waals surface area contributed by atoms with E-state index >= 15 is 0 Å². The quantitative estimate of drug-likeness (QED) is 0.936. The fourth-order valence-electron chi connectivity index (χ4n) is 2.32. The van der Waals surface area contributed by atoms with Gasteiger partial charge in [-0.15, -0.1) is 0 Å². The normalized spacial score (nSPS) is 18.4. The Hall–Kier alpha value is -2.15. The predicted molar refractivity (Wildman–Crippen MR) is 78.9 cm³/mol. The van der Waals surface area contributed by atoms with Crippen LogP contribution in [0.25, 0.3) is 10.2 Å². The molecule has 1 saturated heterocycles. The molecule has 0 unspecified atom stereocenters. The van der Waals surface area contributed by atoms with Crippen molar-refractivity contribution in [2.45, 2.75) is 13.3 Å².